The number of esters is 1. The molecule has 0 heterocycles. The smallest absolute Gasteiger partial charge is 0.307 e. The number of benzene rings is 1. The van der Waals surface area contributed by atoms with Crippen LogP contribution in [-0.4, -0.2) is 23.7 Å². The van der Waals surface area contributed by atoms with Crippen LogP contribution in [-0.2, 0) is 14.3 Å². The first-order valence-electron chi connectivity index (χ1n) is 5.73. The highest BCUT2D eigenvalue weighted by Gasteiger charge is 2.11. The quantitative estimate of drug-likeness (QED) is 0.830. The Balaban J connectivity index is 0.000000711. The number of hydrogen-bond acceptors (Lipinski definition) is 4. The fraction of sp³-hybridized carbons (Fsp3) is 0.385. The molecule has 1 aromatic carbocycles. The Bertz CT molecular complexity index is 402. The molecular weight excluding hydrogens is 270 g/mol. The lowest BCUT2D eigenvalue weighted by Crippen LogP contribution is -2.17. The summed E-state index contributed by atoms with van der Waals surface area (Å²) in [6.45, 7) is 3.23. The molecule has 0 aliphatic carbocycles. The van der Waals surface area contributed by atoms with Gasteiger partial charge in [0.1, 0.15) is 0 Å². The average Bonchev–Trinajstić information content (AvgIpc) is 2.29. The van der Waals surface area contributed by atoms with Crippen LogP contribution >= 0.6 is 11.6 Å². The predicted octanol–water partition coefficient (Wildman–Crippen LogP) is 2.38. The summed E-state index contributed by atoms with van der Waals surface area (Å²) in [5, 5.41) is 8.07. The normalized spacial score (nSPS) is 10.9. The van der Waals surface area contributed by atoms with Gasteiger partial charge in [0.2, 0.25) is 0 Å². The van der Waals surface area contributed by atoms with Gasteiger partial charge in [-0.25, -0.2) is 0 Å². The van der Waals surface area contributed by atoms with Crippen molar-refractivity contribution in [3.05, 3.63) is 34.9 Å². The van der Waals surface area contributed by atoms with E-state index >= 15 is 0 Å². The van der Waals surface area contributed by atoms with Crippen LogP contribution in [0.5, 0.6) is 0 Å². The van der Waals surface area contributed by atoms with Crippen molar-refractivity contribution in [2.45, 2.75) is 26.3 Å². The van der Waals surface area contributed by atoms with E-state index in [2.05, 4.69) is 0 Å². The maximum absolute atomic E-state index is 11.2. The number of nitrogens with two attached hydrogens (primary N) is 1. The van der Waals surface area contributed by atoms with Gasteiger partial charge < -0.3 is 15.6 Å². The highest BCUT2D eigenvalue weighted by Crippen LogP contribution is 2.17. The predicted molar refractivity (Wildman–Crippen MR) is 72.9 cm³/mol. The van der Waals surface area contributed by atoms with Crippen LogP contribution in [0, 0.1) is 0 Å². The van der Waals surface area contributed by atoms with Gasteiger partial charge in [-0.05, 0) is 24.6 Å². The lowest BCUT2D eigenvalue weighted by Gasteiger charge is -2.10. The third kappa shape index (κ3) is 9.04. The van der Waals surface area contributed by atoms with Crippen molar-refractivity contribution in [3.63, 3.8) is 0 Å². The zero-order valence-electron chi connectivity index (χ0n) is 10.9. The van der Waals surface area contributed by atoms with E-state index in [9.17, 15) is 4.79 Å². The number of carboxylic acid groups (broad SMARTS) is 1. The van der Waals surface area contributed by atoms with E-state index in [0.717, 1.165) is 12.5 Å². The summed E-state index contributed by atoms with van der Waals surface area (Å²) in [6, 6.07) is 6.80. The summed E-state index contributed by atoms with van der Waals surface area (Å²) in [4.78, 5) is 20.2. The van der Waals surface area contributed by atoms with Gasteiger partial charge in [0.05, 0.1) is 13.0 Å². The van der Waals surface area contributed by atoms with Gasteiger partial charge in [-0.15, -0.1) is 0 Å². The first-order chi connectivity index (χ1) is 8.86. The topological polar surface area (TPSA) is 89.6 Å². The molecule has 0 aliphatic rings. The molecule has 3 N–H and O–H groups in total. The molecule has 6 heteroatoms. The first-order valence-corrected chi connectivity index (χ1v) is 6.10. The number of halogens is 1. The number of carboxylic acids is 1. The molecule has 0 aliphatic heterocycles. The largest absolute Gasteiger partial charge is 0.481 e. The van der Waals surface area contributed by atoms with Gasteiger partial charge >= 0.3 is 5.97 Å². The molecule has 1 rings (SSSR count). The molecule has 0 radical (unpaired) electrons. The van der Waals surface area contributed by atoms with Crippen LogP contribution in [0.2, 0.25) is 5.02 Å². The molecule has 0 amide bonds. The van der Waals surface area contributed by atoms with E-state index in [4.69, 9.17) is 32.0 Å². The standard InChI is InChI=1S/C11H14ClNO2.C2H4O2/c1-2-15-11(14)7-10(13)8-3-5-9(12)6-4-8;1-2(3)4/h3-6,10H,2,7,13H2,1H3;1H3,(H,3,4). The van der Waals surface area contributed by atoms with Crippen molar-refractivity contribution in [3.8, 4) is 0 Å². The van der Waals surface area contributed by atoms with Crippen LogP contribution in [0.4, 0.5) is 0 Å². The summed E-state index contributed by atoms with van der Waals surface area (Å²) < 4.78 is 4.81. The van der Waals surface area contributed by atoms with Crippen LogP contribution in [0.3, 0.4) is 0 Å². The molecule has 1 atom stereocenters. The number of hydrogen-bond donors (Lipinski definition) is 2. The van der Waals surface area contributed by atoms with Gasteiger partial charge in [-0.2, -0.15) is 0 Å². The van der Waals surface area contributed by atoms with Crippen molar-refractivity contribution in [1.29, 1.82) is 0 Å². The van der Waals surface area contributed by atoms with Crippen molar-refractivity contribution in [2.24, 2.45) is 5.73 Å². The molecule has 0 saturated heterocycles. The first kappa shape index (κ1) is 17.4. The number of ether oxygens (including phenoxy) is 1. The minimum atomic E-state index is -0.833. The summed E-state index contributed by atoms with van der Waals surface area (Å²) >= 11 is 5.74. The zero-order valence-corrected chi connectivity index (χ0v) is 11.7. The Morgan fingerprint density at radius 3 is 2.26 bits per heavy atom. The Morgan fingerprint density at radius 2 is 1.84 bits per heavy atom. The molecule has 0 fully saturated rings. The fourth-order valence-corrected chi connectivity index (χ4v) is 1.35. The van der Waals surface area contributed by atoms with Crippen molar-refractivity contribution < 1.29 is 19.4 Å². The second-order valence-corrected chi connectivity index (χ2v) is 4.12. The Hall–Kier alpha value is -1.59. The van der Waals surface area contributed by atoms with E-state index in [1.807, 2.05) is 12.1 Å². The highest BCUT2D eigenvalue weighted by molar-refractivity contribution is 6.30. The molecule has 0 aromatic heterocycles. The minimum Gasteiger partial charge on any atom is -0.481 e. The average molecular weight is 288 g/mol. The van der Waals surface area contributed by atoms with E-state index in [0.29, 0.717) is 11.6 Å². The van der Waals surface area contributed by atoms with Gasteiger partial charge in [-0.1, -0.05) is 23.7 Å². The van der Waals surface area contributed by atoms with Crippen LogP contribution in [0.1, 0.15) is 31.9 Å². The molecule has 1 unspecified atom stereocenters. The number of aliphatic carboxylic acids is 1. The Kier molecular flexibility index (Phi) is 8.57. The Morgan fingerprint density at radius 1 is 1.37 bits per heavy atom. The van der Waals surface area contributed by atoms with Crippen LogP contribution in [0.15, 0.2) is 24.3 Å². The van der Waals surface area contributed by atoms with Gasteiger partial charge in [0.15, 0.2) is 0 Å². The maximum Gasteiger partial charge on any atom is 0.307 e. The molecule has 5 nitrogen and oxygen atoms in total. The summed E-state index contributed by atoms with van der Waals surface area (Å²) in [7, 11) is 0. The monoisotopic (exact) mass is 287 g/mol. The SMILES string of the molecule is CC(=O)O.CCOC(=O)CC(N)c1ccc(Cl)cc1. The molecule has 106 valence electrons. The third-order valence-corrected chi connectivity index (χ3v) is 2.24. The Labute approximate surface area is 117 Å². The number of carbonyl (C=O) groups excluding carboxylic acids is 1. The van der Waals surface area contributed by atoms with E-state index in [1.54, 1.807) is 19.1 Å². The third-order valence-electron chi connectivity index (χ3n) is 1.99. The second-order valence-electron chi connectivity index (χ2n) is 3.69. The highest BCUT2D eigenvalue weighted by atomic mass is 35.5. The molecule has 0 saturated carbocycles. The summed E-state index contributed by atoms with van der Waals surface area (Å²) in [5.74, 6) is -1.11. The van der Waals surface area contributed by atoms with Crippen LogP contribution in [0.25, 0.3) is 0 Å². The lowest BCUT2D eigenvalue weighted by atomic mass is 10.1. The minimum absolute atomic E-state index is 0.190. The maximum atomic E-state index is 11.2. The van der Waals surface area contributed by atoms with E-state index in [1.165, 1.54) is 0 Å². The molecule has 0 bridgehead atoms. The van der Waals surface area contributed by atoms with E-state index in [-0.39, 0.29) is 18.4 Å². The van der Waals surface area contributed by atoms with Gasteiger partial charge in [-0.3, -0.25) is 9.59 Å². The fourth-order valence-electron chi connectivity index (χ4n) is 1.23. The zero-order chi connectivity index (χ0) is 14.8. The number of rotatable bonds is 4. The molecule has 19 heavy (non-hydrogen) atoms. The number of carbonyl (C=O) groups is 2. The van der Waals surface area contributed by atoms with Crippen LogP contribution < -0.4 is 5.73 Å². The van der Waals surface area contributed by atoms with Gasteiger partial charge in [0, 0.05) is 18.0 Å². The van der Waals surface area contributed by atoms with Gasteiger partial charge in [0.25, 0.3) is 5.97 Å². The second kappa shape index (κ2) is 9.35. The molecule has 1 aromatic rings. The molecular formula is C13H18ClNO4. The summed E-state index contributed by atoms with van der Waals surface area (Å²) in [5.41, 5.74) is 6.71. The lowest BCUT2D eigenvalue weighted by molar-refractivity contribution is -0.143. The van der Waals surface area contributed by atoms with Crippen molar-refractivity contribution in [1.82, 2.24) is 0 Å². The van der Waals surface area contributed by atoms with Crippen molar-refractivity contribution >= 4 is 23.5 Å². The summed E-state index contributed by atoms with van der Waals surface area (Å²) in [6.07, 6.45) is 0.190. The molecule has 0 spiro atoms. The van der Waals surface area contributed by atoms with E-state index < -0.39 is 5.97 Å². The van der Waals surface area contributed by atoms with Crippen molar-refractivity contribution in [2.75, 3.05) is 6.61 Å².